The summed E-state index contributed by atoms with van der Waals surface area (Å²) in [5.41, 5.74) is 4.02. The van der Waals surface area contributed by atoms with Crippen molar-refractivity contribution in [1.29, 1.82) is 0 Å². The summed E-state index contributed by atoms with van der Waals surface area (Å²) in [4.78, 5) is 26.6. The van der Waals surface area contributed by atoms with Crippen LogP contribution in [0.15, 0.2) is 42.6 Å². The highest BCUT2D eigenvalue weighted by Crippen LogP contribution is 2.29. The number of rotatable bonds is 3. The topological polar surface area (TPSA) is 73.1 Å². The predicted molar refractivity (Wildman–Crippen MR) is 67.6 cm³/mol. The summed E-state index contributed by atoms with van der Waals surface area (Å²) in [7, 11) is 0. The lowest BCUT2D eigenvalue weighted by atomic mass is 10.0. The number of nitrogens with zero attached hydrogens (tertiary/aromatic N) is 1. The zero-order chi connectivity index (χ0) is 15.6. The fraction of sp³-hybridized carbons (Fsp3) is 0.0714. The lowest BCUT2D eigenvalue weighted by Gasteiger charge is -2.08. The zero-order valence-corrected chi connectivity index (χ0v) is 10.5. The minimum absolute atomic E-state index is 0.0319. The summed E-state index contributed by atoms with van der Waals surface area (Å²) in [6, 6.07) is 6.61. The molecule has 4 nitrogen and oxygen atoms in total. The zero-order valence-electron chi connectivity index (χ0n) is 10.5. The quantitative estimate of drug-likeness (QED) is 0.884. The number of amides is 1. The summed E-state index contributed by atoms with van der Waals surface area (Å²) >= 11 is 0. The molecule has 0 spiro atoms. The second-order valence-corrected chi connectivity index (χ2v) is 4.20. The lowest BCUT2D eigenvalue weighted by molar-refractivity contribution is -0.137. The van der Waals surface area contributed by atoms with Crippen LogP contribution in [0.25, 0.3) is 0 Å². The van der Waals surface area contributed by atoms with Crippen molar-refractivity contribution in [3.05, 3.63) is 65.0 Å². The van der Waals surface area contributed by atoms with Crippen LogP contribution in [0.4, 0.5) is 13.2 Å². The first-order chi connectivity index (χ1) is 9.79. The first kappa shape index (κ1) is 14.7. The van der Waals surface area contributed by atoms with E-state index in [-0.39, 0.29) is 16.8 Å². The summed E-state index contributed by atoms with van der Waals surface area (Å²) < 4.78 is 37.8. The molecular weight excluding hydrogens is 285 g/mol. The Labute approximate surface area is 117 Å². The second kappa shape index (κ2) is 5.35. The van der Waals surface area contributed by atoms with Crippen LogP contribution in [0.2, 0.25) is 0 Å². The molecule has 0 aliphatic heterocycles. The van der Waals surface area contributed by atoms with Gasteiger partial charge in [-0.15, -0.1) is 0 Å². The maximum atomic E-state index is 12.6. The molecule has 21 heavy (non-hydrogen) atoms. The maximum absolute atomic E-state index is 12.6. The number of halogens is 3. The van der Waals surface area contributed by atoms with Gasteiger partial charge in [0.2, 0.25) is 0 Å². The van der Waals surface area contributed by atoms with Crippen LogP contribution in [-0.2, 0) is 6.18 Å². The van der Waals surface area contributed by atoms with Crippen LogP contribution in [0.3, 0.4) is 0 Å². The Balaban J connectivity index is 2.34. The molecule has 2 N–H and O–H groups in total. The number of ketones is 1. The molecule has 0 aliphatic carbocycles. The number of primary amides is 1. The minimum Gasteiger partial charge on any atom is -0.364 e. The molecule has 0 saturated heterocycles. The van der Waals surface area contributed by atoms with Crippen molar-refractivity contribution >= 4 is 11.7 Å². The number of pyridine rings is 1. The van der Waals surface area contributed by atoms with Crippen molar-refractivity contribution in [3.63, 3.8) is 0 Å². The van der Waals surface area contributed by atoms with E-state index in [0.29, 0.717) is 0 Å². The second-order valence-electron chi connectivity index (χ2n) is 4.20. The number of aromatic nitrogens is 1. The molecule has 0 radical (unpaired) electrons. The van der Waals surface area contributed by atoms with Gasteiger partial charge < -0.3 is 5.73 Å². The van der Waals surface area contributed by atoms with Gasteiger partial charge in [-0.1, -0.05) is 12.1 Å². The van der Waals surface area contributed by atoms with Gasteiger partial charge in [-0.25, -0.2) is 0 Å². The van der Waals surface area contributed by atoms with Crippen LogP contribution in [-0.4, -0.2) is 16.7 Å². The van der Waals surface area contributed by atoms with Gasteiger partial charge in [-0.2, -0.15) is 13.2 Å². The first-order valence-corrected chi connectivity index (χ1v) is 5.77. The van der Waals surface area contributed by atoms with E-state index < -0.39 is 23.4 Å². The molecule has 0 atom stereocenters. The molecule has 1 heterocycles. The smallest absolute Gasteiger partial charge is 0.364 e. The highest BCUT2D eigenvalue weighted by Gasteiger charge is 2.31. The number of alkyl halides is 3. The molecular formula is C14H9F3N2O2. The van der Waals surface area contributed by atoms with Gasteiger partial charge in [0, 0.05) is 17.3 Å². The average molecular weight is 294 g/mol. The van der Waals surface area contributed by atoms with E-state index in [0.717, 1.165) is 24.4 Å². The van der Waals surface area contributed by atoms with Gasteiger partial charge >= 0.3 is 6.18 Å². The fourth-order valence-electron chi connectivity index (χ4n) is 1.68. The van der Waals surface area contributed by atoms with Crippen LogP contribution in [0.5, 0.6) is 0 Å². The summed E-state index contributed by atoms with van der Waals surface area (Å²) in [5, 5.41) is 0. The number of benzene rings is 1. The fourth-order valence-corrected chi connectivity index (χ4v) is 1.68. The molecule has 0 saturated carbocycles. The van der Waals surface area contributed by atoms with Crippen LogP contribution < -0.4 is 5.73 Å². The van der Waals surface area contributed by atoms with Gasteiger partial charge in [0.15, 0.2) is 5.78 Å². The van der Waals surface area contributed by atoms with E-state index in [9.17, 15) is 22.8 Å². The third kappa shape index (κ3) is 3.25. The van der Waals surface area contributed by atoms with E-state index in [1.807, 2.05) is 0 Å². The highest BCUT2D eigenvalue weighted by molar-refractivity contribution is 6.09. The largest absolute Gasteiger partial charge is 0.416 e. The lowest BCUT2D eigenvalue weighted by Crippen LogP contribution is -2.13. The molecule has 2 aromatic rings. The van der Waals surface area contributed by atoms with Crippen molar-refractivity contribution < 1.29 is 22.8 Å². The molecule has 1 aromatic carbocycles. The first-order valence-electron chi connectivity index (χ1n) is 5.77. The molecule has 0 unspecified atom stereocenters. The highest BCUT2D eigenvalue weighted by atomic mass is 19.4. The number of carbonyl (C=O) groups excluding carboxylic acids is 2. The van der Waals surface area contributed by atoms with Gasteiger partial charge in [0.05, 0.1) is 5.56 Å². The number of hydrogen-bond donors (Lipinski definition) is 1. The Morgan fingerprint density at radius 2 is 1.76 bits per heavy atom. The van der Waals surface area contributed by atoms with Crippen molar-refractivity contribution in [3.8, 4) is 0 Å². The Hall–Kier alpha value is -2.70. The predicted octanol–water partition coefficient (Wildman–Crippen LogP) is 2.43. The standard InChI is InChI=1S/C14H9F3N2O2/c15-14(16,17)10-3-1-2-8(6-10)12(20)9-4-5-11(13(18)21)19-7-9/h1-7H,(H2,18,21). The third-order valence-corrected chi connectivity index (χ3v) is 2.73. The van der Waals surface area contributed by atoms with Crippen LogP contribution in [0, 0.1) is 0 Å². The van der Waals surface area contributed by atoms with Crippen molar-refractivity contribution in [1.82, 2.24) is 4.98 Å². The van der Waals surface area contributed by atoms with E-state index in [2.05, 4.69) is 4.98 Å². The third-order valence-electron chi connectivity index (χ3n) is 2.73. The van der Waals surface area contributed by atoms with Crippen molar-refractivity contribution in [2.24, 2.45) is 5.73 Å². The minimum atomic E-state index is -4.52. The Morgan fingerprint density at radius 3 is 2.29 bits per heavy atom. The summed E-state index contributed by atoms with van der Waals surface area (Å²) in [6.45, 7) is 0. The normalized spacial score (nSPS) is 11.2. The molecule has 108 valence electrons. The van der Waals surface area contributed by atoms with Gasteiger partial charge in [0.1, 0.15) is 5.69 Å². The van der Waals surface area contributed by atoms with Crippen LogP contribution >= 0.6 is 0 Å². The van der Waals surface area contributed by atoms with E-state index in [1.54, 1.807) is 0 Å². The van der Waals surface area contributed by atoms with Crippen molar-refractivity contribution in [2.75, 3.05) is 0 Å². The van der Waals surface area contributed by atoms with Crippen molar-refractivity contribution in [2.45, 2.75) is 6.18 Å². The molecule has 2 rings (SSSR count). The maximum Gasteiger partial charge on any atom is 0.416 e. The average Bonchev–Trinajstić information content (AvgIpc) is 2.46. The molecule has 0 bridgehead atoms. The van der Waals surface area contributed by atoms with Gasteiger partial charge in [-0.05, 0) is 24.3 Å². The Bertz CT molecular complexity index is 694. The number of hydrogen-bond acceptors (Lipinski definition) is 3. The monoisotopic (exact) mass is 294 g/mol. The molecule has 7 heteroatoms. The molecule has 0 aliphatic rings. The molecule has 1 amide bonds. The number of carbonyl (C=O) groups is 2. The Kier molecular flexibility index (Phi) is 3.75. The van der Waals surface area contributed by atoms with E-state index >= 15 is 0 Å². The van der Waals surface area contributed by atoms with Gasteiger partial charge in [0.25, 0.3) is 5.91 Å². The van der Waals surface area contributed by atoms with Crippen LogP contribution in [0.1, 0.15) is 32.0 Å². The molecule has 1 aromatic heterocycles. The van der Waals surface area contributed by atoms with E-state index in [1.165, 1.54) is 18.2 Å². The molecule has 0 fully saturated rings. The Morgan fingerprint density at radius 1 is 1.05 bits per heavy atom. The SMILES string of the molecule is NC(=O)c1ccc(C(=O)c2cccc(C(F)(F)F)c2)cn1. The summed E-state index contributed by atoms with van der Waals surface area (Å²) in [5.74, 6) is -1.38. The van der Waals surface area contributed by atoms with Gasteiger partial charge in [-0.3, -0.25) is 14.6 Å². The number of nitrogens with two attached hydrogens (primary N) is 1. The van der Waals surface area contributed by atoms with E-state index in [4.69, 9.17) is 5.73 Å². The summed E-state index contributed by atoms with van der Waals surface area (Å²) in [6.07, 6.45) is -3.42.